The molecule has 72 valence electrons. The monoisotopic (exact) mass is 192 g/mol. The van der Waals surface area contributed by atoms with Crippen LogP contribution in [0.25, 0.3) is 0 Å². The fraction of sp³-hybridized carbons (Fsp3) is 0. The summed E-state index contributed by atoms with van der Waals surface area (Å²) >= 11 is 0. The van der Waals surface area contributed by atoms with Crippen molar-refractivity contribution in [1.82, 2.24) is 25.4 Å². The highest BCUT2D eigenvalue weighted by atomic mass is 16.1. The summed E-state index contributed by atoms with van der Waals surface area (Å²) in [6.07, 6.45) is 6.17. The van der Waals surface area contributed by atoms with Crippen LogP contribution in [0.1, 0.15) is 10.6 Å². The van der Waals surface area contributed by atoms with E-state index in [1.165, 1.54) is 12.4 Å². The Hall–Kier alpha value is -2.31. The molecule has 2 rings (SSSR count). The minimum absolute atomic E-state index is 0.0532. The number of primary amides is 1. The highest BCUT2D eigenvalue weighted by Crippen LogP contribution is 1.82. The van der Waals surface area contributed by atoms with E-state index in [4.69, 9.17) is 5.73 Å². The summed E-state index contributed by atoms with van der Waals surface area (Å²) in [4.78, 5) is 17.5. The van der Waals surface area contributed by atoms with Crippen molar-refractivity contribution in [2.75, 3.05) is 0 Å². The summed E-state index contributed by atoms with van der Waals surface area (Å²) in [5.74, 6) is -0.548. The van der Waals surface area contributed by atoms with Crippen molar-refractivity contribution in [3.05, 3.63) is 36.7 Å². The minimum Gasteiger partial charge on any atom is -0.363 e. The molecule has 0 saturated heterocycles. The van der Waals surface area contributed by atoms with Crippen LogP contribution in [0.3, 0.4) is 0 Å². The molecule has 14 heavy (non-hydrogen) atoms. The zero-order valence-electron chi connectivity index (χ0n) is 7.16. The molecule has 2 aromatic heterocycles. The summed E-state index contributed by atoms with van der Waals surface area (Å²) in [6.45, 7) is 0. The fourth-order valence-electron chi connectivity index (χ4n) is 0.593. The molecule has 0 spiro atoms. The molecule has 0 aliphatic heterocycles. The quantitative estimate of drug-likeness (QED) is 0.625. The van der Waals surface area contributed by atoms with Gasteiger partial charge in [0.15, 0.2) is 0 Å². The van der Waals surface area contributed by atoms with E-state index in [1.54, 1.807) is 18.5 Å². The molecule has 7 nitrogen and oxygen atoms in total. The first-order valence-electron chi connectivity index (χ1n) is 3.68. The van der Waals surface area contributed by atoms with Crippen LogP contribution in [0.4, 0.5) is 0 Å². The molecule has 2 heterocycles. The van der Waals surface area contributed by atoms with E-state index in [1.807, 2.05) is 0 Å². The van der Waals surface area contributed by atoms with Gasteiger partial charge in [-0.25, -0.2) is 9.97 Å². The van der Waals surface area contributed by atoms with Crippen LogP contribution in [-0.4, -0.2) is 31.3 Å². The predicted molar refractivity (Wildman–Crippen MR) is 46.9 cm³/mol. The highest BCUT2D eigenvalue weighted by Gasteiger charge is 1.98. The van der Waals surface area contributed by atoms with E-state index in [0.29, 0.717) is 0 Å². The van der Waals surface area contributed by atoms with Crippen molar-refractivity contribution in [2.24, 2.45) is 5.73 Å². The van der Waals surface area contributed by atoms with Gasteiger partial charge in [-0.2, -0.15) is 0 Å². The first-order chi connectivity index (χ1) is 6.80. The number of aromatic nitrogens is 5. The number of nitrogens with two attached hydrogens (primary N) is 1. The zero-order valence-corrected chi connectivity index (χ0v) is 7.16. The van der Waals surface area contributed by atoms with Crippen molar-refractivity contribution < 1.29 is 4.79 Å². The third-order valence-electron chi connectivity index (χ3n) is 1.12. The van der Waals surface area contributed by atoms with Crippen molar-refractivity contribution >= 4 is 5.91 Å². The molecule has 0 saturated carbocycles. The van der Waals surface area contributed by atoms with Crippen LogP contribution in [-0.2, 0) is 0 Å². The van der Waals surface area contributed by atoms with Crippen molar-refractivity contribution in [3.8, 4) is 0 Å². The molecule has 0 aromatic carbocycles. The SMILES string of the molecule is NC(=O)c1ncccn1.c1c[nH]nn1. The lowest BCUT2D eigenvalue weighted by Crippen LogP contribution is -2.14. The second kappa shape index (κ2) is 5.36. The Labute approximate surface area is 79.4 Å². The molecule has 1 amide bonds. The summed E-state index contributed by atoms with van der Waals surface area (Å²) in [5, 5.41) is 9.26. The number of nitrogens with one attached hydrogen (secondary N) is 1. The average molecular weight is 192 g/mol. The van der Waals surface area contributed by atoms with Gasteiger partial charge in [-0.15, -0.1) is 5.10 Å². The van der Waals surface area contributed by atoms with E-state index in [-0.39, 0.29) is 5.82 Å². The second-order valence-corrected chi connectivity index (χ2v) is 2.10. The fourth-order valence-corrected chi connectivity index (χ4v) is 0.593. The van der Waals surface area contributed by atoms with Crippen LogP contribution in [0, 0.1) is 0 Å². The maximum Gasteiger partial charge on any atom is 0.286 e. The summed E-state index contributed by atoms with van der Waals surface area (Å²) < 4.78 is 0. The lowest BCUT2D eigenvalue weighted by atomic mass is 10.5. The van der Waals surface area contributed by atoms with E-state index in [9.17, 15) is 4.79 Å². The standard InChI is InChI=1S/C5H5N3O.C2H3N3/c6-4(9)5-7-2-1-3-8-5;1-2-4-5-3-1/h1-3H,(H2,6,9);1-2H,(H,3,4,5). The first-order valence-corrected chi connectivity index (χ1v) is 3.68. The van der Waals surface area contributed by atoms with Crippen molar-refractivity contribution in [2.45, 2.75) is 0 Å². The summed E-state index contributed by atoms with van der Waals surface area (Å²) in [5.41, 5.74) is 4.85. The van der Waals surface area contributed by atoms with Gasteiger partial charge in [0, 0.05) is 18.6 Å². The normalized spacial score (nSPS) is 8.57. The Kier molecular flexibility index (Phi) is 3.74. The average Bonchev–Trinajstić information content (AvgIpc) is 2.77. The molecule has 7 heteroatoms. The molecule has 0 bridgehead atoms. The molecule has 0 aliphatic carbocycles. The van der Waals surface area contributed by atoms with Crippen LogP contribution >= 0.6 is 0 Å². The number of H-pyrrole nitrogens is 1. The topological polar surface area (TPSA) is 110 Å². The van der Waals surface area contributed by atoms with Crippen LogP contribution < -0.4 is 5.73 Å². The lowest BCUT2D eigenvalue weighted by Gasteiger charge is -1.87. The number of aromatic amines is 1. The first kappa shape index (κ1) is 9.78. The number of amides is 1. The lowest BCUT2D eigenvalue weighted by molar-refractivity contribution is 0.0990. The van der Waals surface area contributed by atoms with Crippen LogP contribution in [0.15, 0.2) is 30.9 Å². The zero-order chi connectivity index (χ0) is 10.2. The smallest absolute Gasteiger partial charge is 0.286 e. The molecule has 0 atom stereocenters. The molecular formula is C7H8N6O. The van der Waals surface area contributed by atoms with Gasteiger partial charge >= 0.3 is 0 Å². The van der Waals surface area contributed by atoms with Gasteiger partial charge in [-0.05, 0) is 6.07 Å². The molecule has 0 unspecified atom stereocenters. The highest BCUT2D eigenvalue weighted by molar-refractivity contribution is 5.88. The van der Waals surface area contributed by atoms with Gasteiger partial charge in [0.05, 0.1) is 6.20 Å². The van der Waals surface area contributed by atoms with Crippen LogP contribution in [0.5, 0.6) is 0 Å². The Bertz CT molecular complexity index is 342. The van der Waals surface area contributed by atoms with E-state index in [2.05, 4.69) is 25.4 Å². The van der Waals surface area contributed by atoms with Gasteiger partial charge in [0.25, 0.3) is 5.91 Å². The predicted octanol–water partition coefficient (Wildman–Crippen LogP) is -0.620. The van der Waals surface area contributed by atoms with Gasteiger partial charge in [-0.3, -0.25) is 9.89 Å². The number of hydrogen-bond donors (Lipinski definition) is 2. The molecule has 0 fully saturated rings. The number of hydrogen-bond acceptors (Lipinski definition) is 5. The maximum atomic E-state index is 10.3. The number of carbonyl (C=O) groups excluding carboxylic acids is 1. The Balaban J connectivity index is 0.000000165. The van der Waals surface area contributed by atoms with Gasteiger partial charge in [-0.1, -0.05) is 5.21 Å². The Morgan fingerprint density at radius 2 is 2.00 bits per heavy atom. The molecule has 0 radical (unpaired) electrons. The summed E-state index contributed by atoms with van der Waals surface area (Å²) in [7, 11) is 0. The Morgan fingerprint density at radius 1 is 1.29 bits per heavy atom. The minimum atomic E-state index is -0.601. The van der Waals surface area contributed by atoms with E-state index in [0.717, 1.165) is 0 Å². The molecule has 3 N–H and O–H groups in total. The second-order valence-electron chi connectivity index (χ2n) is 2.10. The maximum absolute atomic E-state index is 10.3. The number of rotatable bonds is 1. The molecular weight excluding hydrogens is 184 g/mol. The van der Waals surface area contributed by atoms with Gasteiger partial charge in [0.2, 0.25) is 5.82 Å². The van der Waals surface area contributed by atoms with E-state index >= 15 is 0 Å². The molecule has 2 aromatic rings. The van der Waals surface area contributed by atoms with Crippen molar-refractivity contribution in [3.63, 3.8) is 0 Å². The molecule has 0 aliphatic rings. The van der Waals surface area contributed by atoms with E-state index < -0.39 is 5.91 Å². The van der Waals surface area contributed by atoms with Crippen LogP contribution in [0.2, 0.25) is 0 Å². The Morgan fingerprint density at radius 3 is 2.29 bits per heavy atom. The van der Waals surface area contributed by atoms with Gasteiger partial charge in [0.1, 0.15) is 0 Å². The largest absolute Gasteiger partial charge is 0.363 e. The third-order valence-corrected chi connectivity index (χ3v) is 1.12. The van der Waals surface area contributed by atoms with Crippen molar-refractivity contribution in [1.29, 1.82) is 0 Å². The van der Waals surface area contributed by atoms with Gasteiger partial charge < -0.3 is 5.73 Å². The third kappa shape index (κ3) is 3.39. The number of carbonyl (C=O) groups is 1. The summed E-state index contributed by atoms with van der Waals surface area (Å²) in [6, 6.07) is 1.62. The number of nitrogens with zero attached hydrogens (tertiary/aromatic N) is 4.